The van der Waals surface area contributed by atoms with Gasteiger partial charge in [0.1, 0.15) is 0 Å². The maximum atomic E-state index is 2.37. The van der Waals surface area contributed by atoms with Gasteiger partial charge in [-0.2, -0.15) is 13.3 Å². The third kappa shape index (κ3) is 4.92. The molecule has 80 valence electrons. The average Bonchev–Trinajstić information content (AvgIpc) is 2.21. The molecule has 0 aromatic carbocycles. The maximum Gasteiger partial charge on any atom is 0 e. The monoisotopic (exact) mass is 245 g/mol. The first-order valence-electron chi connectivity index (χ1n) is 6.16. The molecular formula is C13H25Zn-. The summed E-state index contributed by atoms with van der Waals surface area (Å²) in [7, 11) is 0. The van der Waals surface area contributed by atoms with E-state index in [1.165, 1.54) is 51.4 Å². The van der Waals surface area contributed by atoms with Gasteiger partial charge in [-0.05, 0) is 11.8 Å². The Morgan fingerprint density at radius 2 is 1.86 bits per heavy atom. The van der Waals surface area contributed by atoms with Crippen LogP contribution in [-0.4, -0.2) is 0 Å². The number of hydrogen-bond donors (Lipinski definition) is 0. The molecule has 1 atom stereocenters. The minimum Gasteiger partial charge on any atom is -0.331 e. The third-order valence-electron chi connectivity index (χ3n) is 3.67. The molecule has 0 heterocycles. The van der Waals surface area contributed by atoms with Crippen LogP contribution in [0.3, 0.4) is 0 Å². The molecule has 1 rings (SSSR count). The van der Waals surface area contributed by atoms with Crippen LogP contribution < -0.4 is 0 Å². The second-order valence-corrected chi connectivity index (χ2v) is 4.55. The van der Waals surface area contributed by atoms with E-state index in [2.05, 4.69) is 20.3 Å². The Morgan fingerprint density at radius 1 is 1.21 bits per heavy atom. The van der Waals surface area contributed by atoms with Gasteiger partial charge >= 0.3 is 0 Å². The Balaban J connectivity index is 0.00000169. The molecule has 0 nitrogen and oxygen atoms in total. The fourth-order valence-corrected chi connectivity index (χ4v) is 2.76. The summed E-state index contributed by atoms with van der Waals surface area (Å²) in [6.45, 7) is 4.56. The van der Waals surface area contributed by atoms with Gasteiger partial charge < -0.3 is 6.42 Å². The molecule has 0 aliphatic heterocycles. The molecule has 1 fully saturated rings. The molecule has 1 aliphatic carbocycles. The summed E-state index contributed by atoms with van der Waals surface area (Å²) in [6.07, 6.45) is 14.0. The predicted octanol–water partition coefficient (Wildman–Crippen LogP) is 4.59. The Labute approximate surface area is 103 Å². The zero-order valence-corrected chi connectivity index (χ0v) is 13.1. The molecule has 1 heteroatoms. The van der Waals surface area contributed by atoms with E-state index in [9.17, 15) is 0 Å². The fraction of sp³-hybridized carbons (Fsp3) is 0.923. The zero-order chi connectivity index (χ0) is 9.52. The Bertz CT molecular complexity index is 116. The second kappa shape index (κ2) is 8.89. The van der Waals surface area contributed by atoms with E-state index >= 15 is 0 Å². The first kappa shape index (κ1) is 14.6. The Kier molecular flexibility index (Phi) is 9.29. The minimum absolute atomic E-state index is 0. The van der Waals surface area contributed by atoms with E-state index in [4.69, 9.17) is 0 Å². The van der Waals surface area contributed by atoms with Gasteiger partial charge in [-0.3, -0.25) is 0 Å². The van der Waals surface area contributed by atoms with Gasteiger partial charge in [-0.15, -0.1) is 0 Å². The Hall–Kier alpha value is 0.623. The van der Waals surface area contributed by atoms with E-state index in [-0.39, 0.29) is 19.5 Å². The van der Waals surface area contributed by atoms with Crippen molar-refractivity contribution < 1.29 is 19.5 Å². The quantitative estimate of drug-likeness (QED) is 0.492. The molecule has 0 N–H and O–H groups in total. The molecule has 1 unspecified atom stereocenters. The van der Waals surface area contributed by atoms with Crippen LogP contribution in [-0.2, 0) is 19.5 Å². The summed E-state index contributed by atoms with van der Waals surface area (Å²) in [5.74, 6) is 2.09. The molecular weight excluding hydrogens is 222 g/mol. The zero-order valence-electron chi connectivity index (χ0n) is 10.1. The number of rotatable bonds is 5. The average molecular weight is 247 g/mol. The second-order valence-electron chi connectivity index (χ2n) is 4.55. The molecule has 0 spiro atoms. The van der Waals surface area contributed by atoms with Crippen molar-refractivity contribution in [3.8, 4) is 0 Å². The van der Waals surface area contributed by atoms with Gasteiger partial charge in [0.15, 0.2) is 0 Å². The van der Waals surface area contributed by atoms with E-state index < -0.39 is 0 Å². The van der Waals surface area contributed by atoms with Crippen molar-refractivity contribution in [1.29, 1.82) is 0 Å². The van der Waals surface area contributed by atoms with Gasteiger partial charge in [0.2, 0.25) is 0 Å². The summed E-state index contributed by atoms with van der Waals surface area (Å²) in [5.41, 5.74) is 0. The van der Waals surface area contributed by atoms with Gasteiger partial charge in [0.25, 0.3) is 0 Å². The summed E-state index contributed by atoms with van der Waals surface area (Å²) in [6, 6.07) is 0. The van der Waals surface area contributed by atoms with Crippen molar-refractivity contribution in [2.75, 3.05) is 0 Å². The standard InChI is InChI=1S/C13H25.Zn/c1-3-5-9-12(4-2)13-10-7-6-8-11-13;/h3,12-13H,4-11H2,1-2H3;/q-1;. The molecule has 0 aromatic heterocycles. The van der Waals surface area contributed by atoms with Crippen LogP contribution in [0, 0.1) is 18.3 Å². The van der Waals surface area contributed by atoms with E-state index in [1.54, 1.807) is 0 Å². The van der Waals surface area contributed by atoms with Gasteiger partial charge in [-0.25, -0.2) is 0 Å². The van der Waals surface area contributed by atoms with Crippen molar-refractivity contribution in [3.63, 3.8) is 0 Å². The van der Waals surface area contributed by atoms with Crippen LogP contribution in [0.25, 0.3) is 0 Å². The third-order valence-corrected chi connectivity index (χ3v) is 3.67. The van der Waals surface area contributed by atoms with Gasteiger partial charge in [-0.1, -0.05) is 51.9 Å². The Morgan fingerprint density at radius 3 is 2.36 bits per heavy atom. The summed E-state index contributed by atoms with van der Waals surface area (Å²) >= 11 is 0. The summed E-state index contributed by atoms with van der Waals surface area (Å²) in [4.78, 5) is 0. The topological polar surface area (TPSA) is 0 Å². The van der Waals surface area contributed by atoms with Crippen molar-refractivity contribution in [2.45, 2.75) is 65.2 Å². The van der Waals surface area contributed by atoms with Gasteiger partial charge in [0, 0.05) is 19.5 Å². The van der Waals surface area contributed by atoms with Crippen LogP contribution >= 0.6 is 0 Å². The minimum atomic E-state index is 0. The van der Waals surface area contributed by atoms with Crippen LogP contribution in [0.1, 0.15) is 65.2 Å². The van der Waals surface area contributed by atoms with Crippen LogP contribution in [0.5, 0.6) is 0 Å². The maximum absolute atomic E-state index is 2.37. The largest absolute Gasteiger partial charge is 0.331 e. The van der Waals surface area contributed by atoms with Crippen molar-refractivity contribution in [1.82, 2.24) is 0 Å². The smallest absolute Gasteiger partial charge is 0 e. The van der Waals surface area contributed by atoms with Crippen molar-refractivity contribution in [2.24, 2.45) is 11.8 Å². The summed E-state index contributed by atoms with van der Waals surface area (Å²) < 4.78 is 0. The van der Waals surface area contributed by atoms with E-state index in [0.29, 0.717) is 0 Å². The molecule has 0 bridgehead atoms. The molecule has 1 aliphatic rings. The molecule has 1 saturated carbocycles. The van der Waals surface area contributed by atoms with Crippen LogP contribution in [0.4, 0.5) is 0 Å². The van der Waals surface area contributed by atoms with Crippen LogP contribution in [0.2, 0.25) is 0 Å². The molecule has 14 heavy (non-hydrogen) atoms. The van der Waals surface area contributed by atoms with Gasteiger partial charge in [0.05, 0.1) is 0 Å². The van der Waals surface area contributed by atoms with Crippen molar-refractivity contribution in [3.05, 3.63) is 6.42 Å². The SMILES string of the molecule is C[CH-]CCC(CC)C1CCCCC1.[Zn]. The molecule has 0 saturated heterocycles. The predicted molar refractivity (Wildman–Crippen MR) is 59.6 cm³/mol. The van der Waals surface area contributed by atoms with Crippen LogP contribution in [0.15, 0.2) is 0 Å². The normalized spacial score (nSPS) is 20.1. The number of hydrogen-bond acceptors (Lipinski definition) is 0. The van der Waals surface area contributed by atoms with E-state index in [0.717, 1.165) is 11.8 Å². The first-order valence-corrected chi connectivity index (χ1v) is 6.16. The molecule has 0 amide bonds. The first-order chi connectivity index (χ1) is 6.38. The van der Waals surface area contributed by atoms with E-state index in [1.807, 2.05) is 0 Å². The molecule has 0 radical (unpaired) electrons. The molecule has 0 aromatic rings. The van der Waals surface area contributed by atoms with Crippen molar-refractivity contribution >= 4 is 0 Å². The number of unbranched alkanes of at least 4 members (excludes halogenated alkanes) is 1. The fourth-order valence-electron chi connectivity index (χ4n) is 2.76. The summed E-state index contributed by atoms with van der Waals surface area (Å²) in [5, 5.41) is 0.